The van der Waals surface area contributed by atoms with Crippen LogP contribution in [0.15, 0.2) is 51.7 Å². The first-order valence-corrected chi connectivity index (χ1v) is 7.96. The largest absolute Gasteiger partial charge is 0.404 e. The fourth-order valence-corrected chi connectivity index (χ4v) is 2.74. The SMILES string of the molecule is Cc1ccccc1-c1cc(=O)oc2nc(N(C)CCC(N)=O)ccc12. The molecule has 1 amide bonds. The molecule has 0 atom stereocenters. The molecule has 1 aromatic carbocycles. The van der Waals surface area contributed by atoms with Gasteiger partial charge < -0.3 is 15.1 Å². The second-order valence-electron chi connectivity index (χ2n) is 5.95. The van der Waals surface area contributed by atoms with E-state index in [1.807, 2.05) is 43.3 Å². The van der Waals surface area contributed by atoms with Crippen LogP contribution in [-0.2, 0) is 4.79 Å². The molecule has 0 saturated carbocycles. The summed E-state index contributed by atoms with van der Waals surface area (Å²) in [5.74, 6) is 0.236. The first kappa shape index (κ1) is 16.7. The number of primary amides is 1. The number of nitrogens with zero attached hydrogens (tertiary/aromatic N) is 2. The first-order valence-electron chi connectivity index (χ1n) is 7.96. The van der Waals surface area contributed by atoms with E-state index in [-0.39, 0.29) is 18.0 Å². The molecule has 25 heavy (non-hydrogen) atoms. The Balaban J connectivity index is 2.09. The smallest absolute Gasteiger partial charge is 0.338 e. The van der Waals surface area contributed by atoms with Gasteiger partial charge in [-0.25, -0.2) is 4.79 Å². The van der Waals surface area contributed by atoms with Gasteiger partial charge in [-0.2, -0.15) is 4.98 Å². The zero-order valence-electron chi connectivity index (χ0n) is 14.2. The number of anilines is 1. The molecule has 0 bridgehead atoms. The summed E-state index contributed by atoms with van der Waals surface area (Å²) in [5.41, 5.74) is 7.84. The summed E-state index contributed by atoms with van der Waals surface area (Å²) in [7, 11) is 1.81. The number of hydrogen-bond donors (Lipinski definition) is 1. The molecule has 6 heteroatoms. The second-order valence-corrected chi connectivity index (χ2v) is 5.95. The molecule has 2 aromatic heterocycles. The fraction of sp³-hybridized carbons (Fsp3) is 0.211. The molecule has 0 aliphatic rings. The van der Waals surface area contributed by atoms with Gasteiger partial charge in [-0.05, 0) is 30.2 Å². The van der Waals surface area contributed by atoms with Crippen LogP contribution < -0.4 is 16.3 Å². The number of aryl methyl sites for hydroxylation is 1. The highest BCUT2D eigenvalue weighted by molar-refractivity contribution is 5.93. The summed E-state index contributed by atoms with van der Waals surface area (Å²) >= 11 is 0. The van der Waals surface area contributed by atoms with Gasteiger partial charge in [0.15, 0.2) is 0 Å². The van der Waals surface area contributed by atoms with Crippen molar-refractivity contribution in [3.63, 3.8) is 0 Å². The highest BCUT2D eigenvalue weighted by atomic mass is 16.4. The van der Waals surface area contributed by atoms with E-state index in [4.69, 9.17) is 10.2 Å². The van der Waals surface area contributed by atoms with E-state index in [9.17, 15) is 9.59 Å². The van der Waals surface area contributed by atoms with Crippen molar-refractivity contribution in [2.45, 2.75) is 13.3 Å². The highest BCUT2D eigenvalue weighted by Gasteiger charge is 2.13. The number of amides is 1. The number of aromatic nitrogens is 1. The van der Waals surface area contributed by atoms with E-state index in [1.165, 1.54) is 6.07 Å². The van der Waals surface area contributed by atoms with Gasteiger partial charge in [-0.15, -0.1) is 0 Å². The predicted octanol–water partition coefficient (Wildman–Crippen LogP) is 2.48. The maximum absolute atomic E-state index is 12.0. The van der Waals surface area contributed by atoms with Crippen molar-refractivity contribution in [1.82, 2.24) is 4.98 Å². The maximum Gasteiger partial charge on any atom is 0.338 e. The molecule has 0 unspecified atom stereocenters. The zero-order valence-corrected chi connectivity index (χ0v) is 14.2. The highest BCUT2D eigenvalue weighted by Crippen LogP contribution is 2.29. The zero-order chi connectivity index (χ0) is 18.0. The van der Waals surface area contributed by atoms with Crippen LogP contribution >= 0.6 is 0 Å². The lowest BCUT2D eigenvalue weighted by Crippen LogP contribution is -2.24. The van der Waals surface area contributed by atoms with Crippen LogP contribution in [0.5, 0.6) is 0 Å². The number of carbonyl (C=O) groups excluding carboxylic acids is 1. The molecular weight excluding hydrogens is 318 g/mol. The number of hydrogen-bond acceptors (Lipinski definition) is 5. The van der Waals surface area contributed by atoms with Crippen molar-refractivity contribution < 1.29 is 9.21 Å². The number of fused-ring (bicyclic) bond motifs is 1. The van der Waals surface area contributed by atoms with Gasteiger partial charge in [0.1, 0.15) is 5.82 Å². The van der Waals surface area contributed by atoms with Crippen molar-refractivity contribution in [3.8, 4) is 11.1 Å². The summed E-state index contributed by atoms with van der Waals surface area (Å²) < 4.78 is 5.30. The van der Waals surface area contributed by atoms with Crippen LogP contribution in [0, 0.1) is 6.92 Å². The molecular formula is C19H19N3O3. The van der Waals surface area contributed by atoms with Gasteiger partial charge in [-0.1, -0.05) is 24.3 Å². The summed E-state index contributed by atoms with van der Waals surface area (Å²) in [5, 5.41) is 0.765. The molecule has 0 radical (unpaired) electrons. The van der Waals surface area contributed by atoms with Gasteiger partial charge in [-0.3, -0.25) is 4.79 Å². The predicted molar refractivity (Wildman–Crippen MR) is 97.5 cm³/mol. The van der Waals surface area contributed by atoms with Crippen LogP contribution in [0.4, 0.5) is 5.82 Å². The lowest BCUT2D eigenvalue weighted by Gasteiger charge is -2.17. The van der Waals surface area contributed by atoms with Crippen LogP contribution in [0.1, 0.15) is 12.0 Å². The van der Waals surface area contributed by atoms with Gasteiger partial charge in [0.25, 0.3) is 0 Å². The molecule has 0 aliphatic heterocycles. The van der Waals surface area contributed by atoms with Gasteiger partial charge in [0.05, 0.1) is 0 Å². The number of rotatable bonds is 5. The summed E-state index contributed by atoms with van der Waals surface area (Å²) in [6.07, 6.45) is 0.226. The van der Waals surface area contributed by atoms with Crippen molar-refractivity contribution in [1.29, 1.82) is 0 Å². The molecule has 128 valence electrons. The molecule has 0 spiro atoms. The standard InChI is InChI=1S/C19H19N3O3/c1-12-5-3-4-6-13(12)15-11-18(24)25-19-14(15)7-8-17(21-19)22(2)10-9-16(20)23/h3-8,11H,9-10H2,1-2H3,(H2,20,23). The average Bonchev–Trinajstić information content (AvgIpc) is 2.58. The number of carbonyl (C=O) groups is 1. The first-order chi connectivity index (χ1) is 12.0. The Morgan fingerprint density at radius 2 is 1.96 bits per heavy atom. The number of nitrogens with two attached hydrogens (primary N) is 1. The van der Waals surface area contributed by atoms with E-state index >= 15 is 0 Å². The topological polar surface area (TPSA) is 89.4 Å². The Morgan fingerprint density at radius 3 is 2.68 bits per heavy atom. The number of benzene rings is 1. The van der Waals surface area contributed by atoms with E-state index in [2.05, 4.69) is 4.98 Å². The van der Waals surface area contributed by atoms with Crippen molar-refractivity contribution in [2.75, 3.05) is 18.5 Å². The Labute approximate surface area is 144 Å². The van der Waals surface area contributed by atoms with Gasteiger partial charge in [0.2, 0.25) is 11.6 Å². The fourth-order valence-electron chi connectivity index (χ4n) is 2.74. The maximum atomic E-state index is 12.0. The van der Waals surface area contributed by atoms with Crippen molar-refractivity contribution >= 4 is 22.8 Å². The van der Waals surface area contributed by atoms with Crippen LogP contribution in [0.3, 0.4) is 0 Å². The Bertz CT molecular complexity index is 995. The molecule has 0 fully saturated rings. The van der Waals surface area contributed by atoms with E-state index in [0.29, 0.717) is 12.4 Å². The molecule has 3 rings (SSSR count). The minimum absolute atomic E-state index is 0.226. The third kappa shape index (κ3) is 3.52. The van der Waals surface area contributed by atoms with Gasteiger partial charge >= 0.3 is 5.63 Å². The molecule has 0 aliphatic carbocycles. The Morgan fingerprint density at radius 1 is 1.20 bits per heavy atom. The third-order valence-electron chi connectivity index (χ3n) is 4.12. The normalized spacial score (nSPS) is 10.8. The average molecular weight is 337 g/mol. The van der Waals surface area contributed by atoms with E-state index in [0.717, 1.165) is 22.1 Å². The minimum Gasteiger partial charge on any atom is -0.404 e. The summed E-state index contributed by atoms with van der Waals surface area (Å²) in [4.78, 5) is 29.2. The lowest BCUT2D eigenvalue weighted by atomic mass is 9.99. The summed E-state index contributed by atoms with van der Waals surface area (Å²) in [6, 6.07) is 13.1. The monoisotopic (exact) mass is 337 g/mol. The molecule has 2 N–H and O–H groups in total. The molecule has 6 nitrogen and oxygen atoms in total. The Hall–Kier alpha value is -3.15. The second kappa shape index (κ2) is 6.76. The quantitative estimate of drug-likeness (QED) is 0.772. The third-order valence-corrected chi connectivity index (χ3v) is 4.12. The molecule has 2 heterocycles. The molecule has 0 saturated heterocycles. The van der Waals surface area contributed by atoms with Crippen molar-refractivity contribution in [3.05, 3.63) is 58.4 Å². The van der Waals surface area contributed by atoms with Crippen LogP contribution in [0.2, 0.25) is 0 Å². The van der Waals surface area contributed by atoms with E-state index < -0.39 is 5.63 Å². The van der Waals surface area contributed by atoms with Gasteiger partial charge in [0, 0.05) is 37.0 Å². The summed E-state index contributed by atoms with van der Waals surface area (Å²) in [6.45, 7) is 2.44. The van der Waals surface area contributed by atoms with Crippen molar-refractivity contribution in [2.24, 2.45) is 5.73 Å². The minimum atomic E-state index is -0.449. The number of pyridine rings is 1. The van der Waals surface area contributed by atoms with Crippen LogP contribution in [0.25, 0.3) is 22.2 Å². The van der Waals surface area contributed by atoms with E-state index in [1.54, 1.807) is 11.9 Å². The Kier molecular flexibility index (Phi) is 4.52. The molecule has 3 aromatic rings. The van der Waals surface area contributed by atoms with Crippen LogP contribution in [-0.4, -0.2) is 24.5 Å². The lowest BCUT2D eigenvalue weighted by molar-refractivity contribution is -0.117.